The first kappa shape index (κ1) is 13.1. The van der Waals surface area contributed by atoms with E-state index in [9.17, 15) is 4.79 Å². The van der Waals surface area contributed by atoms with Crippen LogP contribution in [-0.2, 0) is 4.79 Å². The average molecular weight is 261 g/mol. The summed E-state index contributed by atoms with van der Waals surface area (Å²) in [7, 11) is 0. The Morgan fingerprint density at radius 3 is 3.00 bits per heavy atom. The summed E-state index contributed by atoms with van der Waals surface area (Å²) in [6.45, 7) is 4.28. The number of rotatable bonds is 5. The maximum Gasteiger partial charge on any atom is 0.224 e. The second-order valence-electron chi connectivity index (χ2n) is 4.82. The molecule has 0 fully saturated rings. The molecule has 1 N–H and O–H groups in total. The molecule has 1 aromatic heterocycles. The molecule has 2 nitrogen and oxygen atoms in total. The van der Waals surface area contributed by atoms with Crippen LogP contribution in [0.4, 0.5) is 5.69 Å². The zero-order chi connectivity index (χ0) is 13.0. The Labute approximate surface area is 112 Å². The molecular weight excluding hydrogens is 242 g/mol. The predicted octanol–water partition coefficient (Wildman–Crippen LogP) is 4.67. The number of carbonyl (C=O) groups is 1. The van der Waals surface area contributed by atoms with Crippen molar-refractivity contribution in [3.8, 4) is 0 Å². The topological polar surface area (TPSA) is 29.1 Å². The lowest BCUT2D eigenvalue weighted by atomic mass is 10.0. The number of hydrogen-bond acceptors (Lipinski definition) is 2. The zero-order valence-corrected chi connectivity index (χ0v) is 11.7. The third-order valence-corrected chi connectivity index (χ3v) is 3.95. The SMILES string of the molecule is CCCC(C)CC(=O)Nc1ccc2sccc2c1. The number of nitrogens with one attached hydrogen (secondary N) is 1. The van der Waals surface area contributed by atoms with Crippen molar-refractivity contribution in [3.05, 3.63) is 29.6 Å². The molecule has 96 valence electrons. The van der Waals surface area contributed by atoms with Crippen molar-refractivity contribution >= 4 is 33.0 Å². The number of anilines is 1. The summed E-state index contributed by atoms with van der Waals surface area (Å²) in [6.07, 6.45) is 2.85. The minimum Gasteiger partial charge on any atom is -0.326 e. The Hall–Kier alpha value is -1.35. The third-order valence-electron chi connectivity index (χ3n) is 3.05. The van der Waals surface area contributed by atoms with Crippen LogP contribution in [0.25, 0.3) is 10.1 Å². The van der Waals surface area contributed by atoms with E-state index >= 15 is 0 Å². The molecule has 18 heavy (non-hydrogen) atoms. The molecule has 0 aliphatic heterocycles. The highest BCUT2D eigenvalue weighted by molar-refractivity contribution is 7.17. The lowest BCUT2D eigenvalue weighted by Crippen LogP contribution is -2.14. The van der Waals surface area contributed by atoms with Gasteiger partial charge in [-0.2, -0.15) is 0 Å². The summed E-state index contributed by atoms with van der Waals surface area (Å²) >= 11 is 1.72. The predicted molar refractivity (Wildman–Crippen MR) is 79.1 cm³/mol. The smallest absolute Gasteiger partial charge is 0.224 e. The lowest BCUT2D eigenvalue weighted by molar-refractivity contribution is -0.117. The van der Waals surface area contributed by atoms with Gasteiger partial charge in [0.15, 0.2) is 0 Å². The molecule has 1 heterocycles. The van der Waals surface area contributed by atoms with Crippen LogP contribution in [0.15, 0.2) is 29.6 Å². The van der Waals surface area contributed by atoms with Crippen LogP contribution in [0.2, 0.25) is 0 Å². The fourth-order valence-electron chi connectivity index (χ4n) is 2.17. The van der Waals surface area contributed by atoms with Gasteiger partial charge in [-0.25, -0.2) is 0 Å². The number of fused-ring (bicyclic) bond motifs is 1. The van der Waals surface area contributed by atoms with Gasteiger partial charge in [-0.3, -0.25) is 4.79 Å². The molecule has 3 heteroatoms. The minimum absolute atomic E-state index is 0.116. The van der Waals surface area contributed by atoms with Crippen molar-refractivity contribution < 1.29 is 4.79 Å². The Balaban J connectivity index is 1.97. The zero-order valence-electron chi connectivity index (χ0n) is 10.9. The maximum absolute atomic E-state index is 11.9. The molecule has 1 unspecified atom stereocenters. The molecule has 0 saturated carbocycles. The van der Waals surface area contributed by atoms with Crippen LogP contribution in [0.5, 0.6) is 0 Å². The molecule has 0 radical (unpaired) electrons. The molecule has 1 atom stereocenters. The van der Waals surface area contributed by atoms with E-state index in [-0.39, 0.29) is 5.91 Å². The van der Waals surface area contributed by atoms with E-state index in [1.54, 1.807) is 11.3 Å². The highest BCUT2D eigenvalue weighted by Gasteiger charge is 2.08. The van der Waals surface area contributed by atoms with Gasteiger partial charge in [0.25, 0.3) is 0 Å². The van der Waals surface area contributed by atoms with Crippen molar-refractivity contribution in [2.75, 3.05) is 5.32 Å². The van der Waals surface area contributed by atoms with Gasteiger partial charge in [0, 0.05) is 16.8 Å². The van der Waals surface area contributed by atoms with E-state index in [0.29, 0.717) is 12.3 Å². The van der Waals surface area contributed by atoms with Gasteiger partial charge in [-0.1, -0.05) is 26.7 Å². The van der Waals surface area contributed by atoms with E-state index in [1.165, 1.54) is 10.1 Å². The van der Waals surface area contributed by atoms with E-state index in [2.05, 4.69) is 36.7 Å². The summed E-state index contributed by atoms with van der Waals surface area (Å²) < 4.78 is 1.26. The quantitative estimate of drug-likeness (QED) is 0.832. The van der Waals surface area contributed by atoms with Gasteiger partial charge in [0.1, 0.15) is 0 Å². The Morgan fingerprint density at radius 2 is 2.22 bits per heavy atom. The summed E-state index contributed by atoms with van der Waals surface area (Å²) in [5.41, 5.74) is 0.898. The monoisotopic (exact) mass is 261 g/mol. The Morgan fingerprint density at radius 1 is 1.39 bits per heavy atom. The van der Waals surface area contributed by atoms with Crippen molar-refractivity contribution in [1.29, 1.82) is 0 Å². The molecule has 0 spiro atoms. The first-order chi connectivity index (χ1) is 8.69. The van der Waals surface area contributed by atoms with Gasteiger partial charge in [0.2, 0.25) is 5.91 Å². The van der Waals surface area contributed by atoms with Crippen LogP contribution in [0.3, 0.4) is 0 Å². The molecule has 2 rings (SSSR count). The molecule has 2 aromatic rings. The fourth-order valence-corrected chi connectivity index (χ4v) is 2.94. The van der Waals surface area contributed by atoms with Crippen molar-refractivity contribution in [1.82, 2.24) is 0 Å². The van der Waals surface area contributed by atoms with Crippen LogP contribution >= 0.6 is 11.3 Å². The summed E-state index contributed by atoms with van der Waals surface area (Å²) in [4.78, 5) is 11.9. The second kappa shape index (κ2) is 6.01. The first-order valence-electron chi connectivity index (χ1n) is 6.46. The van der Waals surface area contributed by atoms with Crippen LogP contribution in [0.1, 0.15) is 33.1 Å². The molecular formula is C15H19NOS. The third kappa shape index (κ3) is 3.33. The Bertz CT molecular complexity index is 532. The van der Waals surface area contributed by atoms with E-state index in [4.69, 9.17) is 0 Å². The molecule has 1 amide bonds. The lowest BCUT2D eigenvalue weighted by Gasteiger charge is -2.10. The van der Waals surface area contributed by atoms with Crippen LogP contribution in [0, 0.1) is 5.92 Å². The summed E-state index contributed by atoms with van der Waals surface area (Å²) in [5, 5.41) is 6.24. The van der Waals surface area contributed by atoms with Crippen molar-refractivity contribution in [3.63, 3.8) is 0 Å². The fraction of sp³-hybridized carbons (Fsp3) is 0.400. The summed E-state index contributed by atoms with van der Waals surface area (Å²) in [6, 6.07) is 8.15. The first-order valence-corrected chi connectivity index (χ1v) is 7.34. The number of amides is 1. The van der Waals surface area contributed by atoms with Gasteiger partial charge in [-0.05, 0) is 40.9 Å². The Kier molecular flexibility index (Phi) is 4.37. The average Bonchev–Trinajstić information content (AvgIpc) is 2.76. The number of thiophene rings is 1. The van der Waals surface area contributed by atoms with E-state index in [0.717, 1.165) is 18.5 Å². The van der Waals surface area contributed by atoms with Gasteiger partial charge >= 0.3 is 0 Å². The largest absolute Gasteiger partial charge is 0.326 e. The number of hydrogen-bond donors (Lipinski definition) is 1. The van der Waals surface area contributed by atoms with Gasteiger partial charge in [0.05, 0.1) is 0 Å². The van der Waals surface area contributed by atoms with E-state index in [1.807, 2.05) is 12.1 Å². The molecule has 0 bridgehead atoms. The van der Waals surface area contributed by atoms with Crippen molar-refractivity contribution in [2.45, 2.75) is 33.1 Å². The van der Waals surface area contributed by atoms with Gasteiger partial charge in [-0.15, -0.1) is 11.3 Å². The van der Waals surface area contributed by atoms with Crippen LogP contribution in [-0.4, -0.2) is 5.91 Å². The molecule has 0 saturated heterocycles. The summed E-state index contributed by atoms with van der Waals surface area (Å²) in [5.74, 6) is 0.574. The van der Waals surface area contributed by atoms with Gasteiger partial charge < -0.3 is 5.32 Å². The molecule has 0 aliphatic rings. The standard InChI is InChI=1S/C15H19NOS/c1-3-4-11(2)9-15(17)16-13-5-6-14-12(10-13)7-8-18-14/h5-8,10-11H,3-4,9H2,1-2H3,(H,16,17). The van der Waals surface area contributed by atoms with Crippen molar-refractivity contribution in [2.24, 2.45) is 5.92 Å². The number of benzene rings is 1. The van der Waals surface area contributed by atoms with E-state index < -0.39 is 0 Å². The molecule has 1 aromatic carbocycles. The normalized spacial score (nSPS) is 12.6. The highest BCUT2D eigenvalue weighted by Crippen LogP contribution is 2.24. The number of carbonyl (C=O) groups excluding carboxylic acids is 1. The minimum atomic E-state index is 0.116. The molecule has 0 aliphatic carbocycles. The maximum atomic E-state index is 11.9. The highest BCUT2D eigenvalue weighted by atomic mass is 32.1. The second-order valence-corrected chi connectivity index (χ2v) is 5.77. The van der Waals surface area contributed by atoms with Crippen LogP contribution < -0.4 is 5.32 Å².